The van der Waals surface area contributed by atoms with Crippen molar-refractivity contribution >= 4 is 26.9 Å². The molecule has 2 aliphatic heterocycles. The van der Waals surface area contributed by atoms with Crippen LogP contribution in [0.2, 0.25) is 0 Å². The summed E-state index contributed by atoms with van der Waals surface area (Å²) < 4.78 is 103. The fourth-order valence-electron chi connectivity index (χ4n) is 4.37. The Labute approximate surface area is 190 Å². The second kappa shape index (κ2) is 8.10. The number of fused-ring (bicyclic) bond motifs is 1. The first-order valence-electron chi connectivity index (χ1n) is 10.2. The Morgan fingerprint density at radius 3 is 2.44 bits per heavy atom. The van der Waals surface area contributed by atoms with Crippen LogP contribution in [-0.2, 0) is 14.8 Å². The molecule has 1 spiro atoms. The van der Waals surface area contributed by atoms with E-state index in [2.05, 4.69) is 9.97 Å². The van der Waals surface area contributed by atoms with Gasteiger partial charge in [0.15, 0.2) is 23.5 Å². The zero-order valence-electron chi connectivity index (χ0n) is 17.4. The maximum Gasteiger partial charge on any atom is 0.248 e. The number of piperidine rings is 1. The molecular formula is C21H17F5N4O3S. The van der Waals surface area contributed by atoms with Gasteiger partial charge in [-0.1, -0.05) is 0 Å². The maximum atomic E-state index is 15.6. The molecule has 180 valence electrons. The lowest BCUT2D eigenvalue weighted by Crippen LogP contribution is -2.62. The number of benzene rings is 2. The summed E-state index contributed by atoms with van der Waals surface area (Å²) in [6.45, 7) is -0.576. The van der Waals surface area contributed by atoms with Gasteiger partial charge in [-0.3, -0.25) is 4.98 Å². The number of hydrogen-bond acceptors (Lipinski definition) is 6. The van der Waals surface area contributed by atoms with E-state index in [-0.39, 0.29) is 49.5 Å². The fraction of sp³-hybridized carbons (Fsp3) is 0.333. The fourth-order valence-corrected chi connectivity index (χ4v) is 6.14. The van der Waals surface area contributed by atoms with Crippen molar-refractivity contribution in [3.8, 4) is 0 Å². The highest BCUT2D eigenvalue weighted by Crippen LogP contribution is 2.41. The minimum atomic E-state index is -4.54. The number of sulfonamides is 1. The first-order chi connectivity index (χ1) is 16.1. The van der Waals surface area contributed by atoms with Crippen LogP contribution in [0.4, 0.5) is 27.8 Å². The summed E-state index contributed by atoms with van der Waals surface area (Å²) in [7, 11) is -4.54. The Balaban J connectivity index is 1.43. The number of rotatable bonds is 3. The Morgan fingerprint density at radius 1 is 1.00 bits per heavy atom. The van der Waals surface area contributed by atoms with Crippen LogP contribution in [0.25, 0.3) is 11.0 Å². The summed E-state index contributed by atoms with van der Waals surface area (Å²) in [6.07, 6.45) is -0.722. The van der Waals surface area contributed by atoms with E-state index in [0.717, 1.165) is 28.6 Å². The summed E-state index contributed by atoms with van der Waals surface area (Å²) in [5.41, 5.74) is -1.69. The lowest BCUT2D eigenvalue weighted by Gasteiger charge is -2.45. The smallest absolute Gasteiger partial charge is 0.248 e. The van der Waals surface area contributed by atoms with Gasteiger partial charge in [0, 0.05) is 37.7 Å². The average Bonchev–Trinajstić information content (AvgIpc) is 3.22. The van der Waals surface area contributed by atoms with E-state index in [1.165, 1.54) is 11.1 Å². The largest absolute Gasteiger partial charge is 0.355 e. The predicted octanol–water partition coefficient (Wildman–Crippen LogP) is 3.15. The van der Waals surface area contributed by atoms with Crippen molar-refractivity contribution in [2.75, 3.05) is 31.1 Å². The molecular weight excluding hydrogens is 483 g/mol. The van der Waals surface area contributed by atoms with Crippen molar-refractivity contribution in [2.24, 2.45) is 0 Å². The molecule has 2 saturated heterocycles. The first kappa shape index (κ1) is 22.9. The van der Waals surface area contributed by atoms with E-state index >= 15 is 4.39 Å². The third-order valence-electron chi connectivity index (χ3n) is 6.04. The third kappa shape index (κ3) is 3.58. The molecule has 2 aromatic carbocycles. The van der Waals surface area contributed by atoms with Gasteiger partial charge in [-0.15, -0.1) is 0 Å². The second-order valence-corrected chi connectivity index (χ2v) is 9.82. The summed E-state index contributed by atoms with van der Waals surface area (Å²) in [5, 5.41) is 0. The van der Waals surface area contributed by atoms with Crippen LogP contribution in [0.15, 0.2) is 41.4 Å². The Bertz CT molecular complexity index is 1390. The van der Waals surface area contributed by atoms with Crippen molar-refractivity contribution in [3.63, 3.8) is 0 Å². The van der Waals surface area contributed by atoms with Gasteiger partial charge in [-0.2, -0.15) is 4.31 Å². The molecule has 0 amide bonds. The van der Waals surface area contributed by atoms with Crippen molar-refractivity contribution in [1.82, 2.24) is 14.3 Å². The third-order valence-corrected chi connectivity index (χ3v) is 7.99. The number of ether oxygens (including phenoxy) is 1. The van der Waals surface area contributed by atoms with Crippen LogP contribution in [0.3, 0.4) is 0 Å². The number of halogens is 5. The molecule has 0 unspecified atom stereocenters. The average molecular weight is 500 g/mol. The minimum absolute atomic E-state index is 0.0696. The van der Waals surface area contributed by atoms with Gasteiger partial charge in [0.2, 0.25) is 10.0 Å². The molecule has 2 fully saturated rings. The second-order valence-electron chi connectivity index (χ2n) is 7.99. The molecule has 2 aliphatic rings. The molecule has 0 aliphatic carbocycles. The minimum Gasteiger partial charge on any atom is -0.355 e. The van der Waals surface area contributed by atoms with Crippen molar-refractivity contribution in [1.29, 1.82) is 0 Å². The summed E-state index contributed by atoms with van der Waals surface area (Å²) >= 11 is 0. The highest BCUT2D eigenvalue weighted by Gasteiger charge is 2.57. The van der Waals surface area contributed by atoms with E-state index in [0.29, 0.717) is 6.07 Å². The van der Waals surface area contributed by atoms with E-state index in [1.54, 1.807) is 0 Å². The number of nitrogens with zero attached hydrogens (tertiary/aromatic N) is 4. The first-order valence-corrected chi connectivity index (χ1v) is 11.7. The number of anilines is 1. The predicted molar refractivity (Wildman–Crippen MR) is 110 cm³/mol. The molecule has 5 rings (SSSR count). The summed E-state index contributed by atoms with van der Waals surface area (Å²) in [6, 6.07) is 3.82. The lowest BCUT2D eigenvalue weighted by atomic mass is 9.98. The topological polar surface area (TPSA) is 75.6 Å². The van der Waals surface area contributed by atoms with E-state index in [4.69, 9.17) is 4.74 Å². The van der Waals surface area contributed by atoms with Crippen molar-refractivity contribution < 1.29 is 35.1 Å². The molecule has 0 saturated carbocycles. The lowest BCUT2D eigenvalue weighted by molar-refractivity contribution is -0.116. The Hall–Kier alpha value is -2.90. The quantitative estimate of drug-likeness (QED) is 0.515. The molecule has 3 aromatic rings. The molecule has 13 heteroatoms. The van der Waals surface area contributed by atoms with Gasteiger partial charge < -0.3 is 9.64 Å². The van der Waals surface area contributed by atoms with Gasteiger partial charge >= 0.3 is 0 Å². The molecule has 7 nitrogen and oxygen atoms in total. The van der Waals surface area contributed by atoms with Gasteiger partial charge in [0.25, 0.3) is 0 Å². The zero-order valence-corrected chi connectivity index (χ0v) is 18.2. The highest BCUT2D eigenvalue weighted by molar-refractivity contribution is 7.89. The molecule has 2 atom stereocenters. The van der Waals surface area contributed by atoms with Gasteiger partial charge in [-0.05, 0) is 12.1 Å². The van der Waals surface area contributed by atoms with Crippen LogP contribution in [0.5, 0.6) is 0 Å². The number of alkyl halides is 1. The van der Waals surface area contributed by atoms with Gasteiger partial charge in [0.05, 0.1) is 30.4 Å². The van der Waals surface area contributed by atoms with E-state index < -0.39 is 50.1 Å². The summed E-state index contributed by atoms with van der Waals surface area (Å²) in [5.74, 6) is -4.22. The summed E-state index contributed by atoms with van der Waals surface area (Å²) in [4.78, 5) is 8.96. The normalized spacial score (nSPS) is 23.8. The molecule has 0 radical (unpaired) electrons. The standard InChI is InChI=1S/C21H17F5N4O3S/c22-12-1-2-18(15(25)7-12)34(31,32)30-5-6-33-21(30)3-4-29(11-19(21)26)20-10-27-16-8-13(23)14(24)9-17(16)28-20/h1-2,7-10,19H,3-6,11H2/t19-,21+/m1/s1. The van der Waals surface area contributed by atoms with Gasteiger partial charge in [-0.25, -0.2) is 35.4 Å². The number of aromatic nitrogens is 2. The van der Waals surface area contributed by atoms with Crippen molar-refractivity contribution in [3.05, 3.63) is 59.8 Å². The highest BCUT2D eigenvalue weighted by atomic mass is 32.2. The van der Waals surface area contributed by atoms with Gasteiger partial charge in [0.1, 0.15) is 22.3 Å². The Morgan fingerprint density at radius 2 is 1.74 bits per heavy atom. The van der Waals surface area contributed by atoms with Crippen LogP contribution in [-0.4, -0.2) is 60.8 Å². The molecule has 1 aromatic heterocycles. The molecule has 0 N–H and O–H groups in total. The van der Waals surface area contributed by atoms with Crippen LogP contribution >= 0.6 is 0 Å². The molecule has 34 heavy (non-hydrogen) atoms. The van der Waals surface area contributed by atoms with Crippen molar-refractivity contribution in [2.45, 2.75) is 23.2 Å². The van der Waals surface area contributed by atoms with Crippen LogP contribution < -0.4 is 4.90 Å². The number of hydrogen-bond donors (Lipinski definition) is 0. The van der Waals surface area contributed by atoms with Crippen LogP contribution in [0, 0.1) is 23.3 Å². The molecule has 0 bridgehead atoms. The molecule has 3 heterocycles. The van der Waals surface area contributed by atoms with E-state index in [1.807, 2.05) is 0 Å². The Kier molecular flexibility index (Phi) is 5.45. The maximum absolute atomic E-state index is 15.6. The SMILES string of the molecule is O=S(=O)(c1ccc(F)cc1F)N1CCO[C@]12CCN(c1cnc3cc(F)c(F)cc3n1)C[C@H]2F. The zero-order chi connectivity index (χ0) is 24.3. The van der Waals surface area contributed by atoms with Crippen LogP contribution in [0.1, 0.15) is 6.42 Å². The van der Waals surface area contributed by atoms with E-state index in [9.17, 15) is 26.0 Å². The monoisotopic (exact) mass is 500 g/mol.